The number of hydrogen-bond donors (Lipinski definition) is 1. The van der Waals surface area contributed by atoms with Crippen molar-refractivity contribution in [1.29, 1.82) is 0 Å². The summed E-state index contributed by atoms with van der Waals surface area (Å²) in [6.45, 7) is 4.04. The van der Waals surface area contributed by atoms with Gasteiger partial charge in [-0.15, -0.1) is 0 Å². The van der Waals surface area contributed by atoms with E-state index in [2.05, 4.69) is 10.3 Å². The van der Waals surface area contributed by atoms with E-state index < -0.39 is 0 Å². The number of fused-ring (bicyclic) bond motifs is 1. The standard InChI is InChI=1S/C25H31N3O4/c1-3-31-16-8-15-28-21-12-7-6-11-20(21)26-25(28)27-24(29)18-13-14-22(23(17-18)30-2)32-19-9-4-5-10-19/h6-7,11-14,17,19H,3-5,8-10,15-16H2,1-2H3,(H,26,27,29). The molecule has 0 spiro atoms. The van der Waals surface area contributed by atoms with Crippen LogP contribution in [0.3, 0.4) is 0 Å². The van der Waals surface area contributed by atoms with Gasteiger partial charge in [-0.3, -0.25) is 10.1 Å². The van der Waals surface area contributed by atoms with Gasteiger partial charge in [0.2, 0.25) is 5.95 Å². The summed E-state index contributed by atoms with van der Waals surface area (Å²) in [6.07, 6.45) is 5.56. The molecule has 0 bridgehead atoms. The minimum Gasteiger partial charge on any atom is -0.493 e. The Balaban J connectivity index is 1.52. The number of anilines is 1. The topological polar surface area (TPSA) is 74.6 Å². The van der Waals surface area contributed by atoms with E-state index >= 15 is 0 Å². The summed E-state index contributed by atoms with van der Waals surface area (Å²) in [6, 6.07) is 13.2. The number of carbonyl (C=O) groups is 1. The second-order valence-electron chi connectivity index (χ2n) is 7.97. The summed E-state index contributed by atoms with van der Waals surface area (Å²) in [5.41, 5.74) is 2.32. The van der Waals surface area contributed by atoms with Crippen LogP contribution in [-0.4, -0.2) is 41.9 Å². The zero-order chi connectivity index (χ0) is 22.3. The molecule has 1 fully saturated rings. The van der Waals surface area contributed by atoms with E-state index in [1.165, 1.54) is 12.8 Å². The molecule has 0 unspecified atom stereocenters. The van der Waals surface area contributed by atoms with Crippen molar-refractivity contribution in [3.63, 3.8) is 0 Å². The first-order chi connectivity index (χ1) is 15.7. The molecule has 0 atom stereocenters. The van der Waals surface area contributed by atoms with Crippen LogP contribution in [0.4, 0.5) is 5.95 Å². The first kappa shape index (κ1) is 22.1. The molecular formula is C25H31N3O4. The van der Waals surface area contributed by atoms with Crippen LogP contribution in [-0.2, 0) is 11.3 Å². The highest BCUT2D eigenvalue weighted by molar-refractivity contribution is 6.04. The second-order valence-corrected chi connectivity index (χ2v) is 7.97. The molecule has 1 aliphatic rings. The SMILES string of the molecule is CCOCCCn1c(NC(=O)c2ccc(OC3CCCC3)c(OC)c2)nc2ccccc21. The third-order valence-electron chi connectivity index (χ3n) is 5.78. The van der Waals surface area contributed by atoms with Crippen molar-refractivity contribution in [1.82, 2.24) is 9.55 Å². The van der Waals surface area contributed by atoms with Crippen molar-refractivity contribution < 1.29 is 19.0 Å². The Morgan fingerprint density at radius 2 is 1.97 bits per heavy atom. The molecule has 0 aliphatic heterocycles. The molecule has 1 aliphatic carbocycles. The van der Waals surface area contributed by atoms with Gasteiger partial charge in [-0.25, -0.2) is 4.98 Å². The van der Waals surface area contributed by atoms with Crippen molar-refractivity contribution in [2.75, 3.05) is 25.6 Å². The number of aromatic nitrogens is 2. The monoisotopic (exact) mass is 437 g/mol. The Kier molecular flexibility index (Phi) is 7.27. The van der Waals surface area contributed by atoms with Crippen LogP contribution in [0.2, 0.25) is 0 Å². The van der Waals surface area contributed by atoms with Gasteiger partial charge >= 0.3 is 0 Å². The van der Waals surface area contributed by atoms with Crippen LogP contribution in [0.25, 0.3) is 11.0 Å². The molecule has 3 aromatic rings. The number of benzene rings is 2. The third-order valence-corrected chi connectivity index (χ3v) is 5.78. The van der Waals surface area contributed by atoms with Crippen LogP contribution in [0.5, 0.6) is 11.5 Å². The number of nitrogens with zero attached hydrogens (tertiary/aromatic N) is 2. The fraction of sp³-hybridized carbons (Fsp3) is 0.440. The van der Waals surface area contributed by atoms with Gasteiger partial charge in [-0.2, -0.15) is 0 Å². The van der Waals surface area contributed by atoms with E-state index in [1.54, 1.807) is 19.2 Å². The average molecular weight is 438 g/mol. The van der Waals surface area contributed by atoms with Crippen LogP contribution in [0.15, 0.2) is 42.5 Å². The Morgan fingerprint density at radius 3 is 2.75 bits per heavy atom. The van der Waals surface area contributed by atoms with E-state index in [4.69, 9.17) is 14.2 Å². The van der Waals surface area contributed by atoms with Gasteiger partial charge in [-0.1, -0.05) is 12.1 Å². The molecule has 0 saturated heterocycles. The molecule has 4 rings (SSSR count). The van der Waals surface area contributed by atoms with Crippen molar-refractivity contribution >= 4 is 22.9 Å². The highest BCUT2D eigenvalue weighted by atomic mass is 16.5. The van der Waals surface area contributed by atoms with Gasteiger partial charge in [0.25, 0.3) is 5.91 Å². The summed E-state index contributed by atoms with van der Waals surface area (Å²) in [4.78, 5) is 17.7. The van der Waals surface area contributed by atoms with Gasteiger partial charge < -0.3 is 18.8 Å². The Hall–Kier alpha value is -3.06. The number of methoxy groups -OCH3 is 1. The first-order valence-corrected chi connectivity index (χ1v) is 11.4. The molecule has 1 saturated carbocycles. The van der Waals surface area contributed by atoms with E-state index in [-0.39, 0.29) is 12.0 Å². The fourth-order valence-electron chi connectivity index (χ4n) is 4.13. The third kappa shape index (κ3) is 5.05. The fourth-order valence-corrected chi connectivity index (χ4v) is 4.13. The highest BCUT2D eigenvalue weighted by Crippen LogP contribution is 2.32. The number of rotatable bonds is 10. The molecule has 1 amide bonds. The Bertz CT molecular complexity index is 1060. The van der Waals surface area contributed by atoms with Crippen LogP contribution < -0.4 is 14.8 Å². The Morgan fingerprint density at radius 1 is 1.16 bits per heavy atom. The van der Waals surface area contributed by atoms with E-state index in [0.717, 1.165) is 30.3 Å². The number of ether oxygens (including phenoxy) is 3. The Labute approximate surface area is 188 Å². The summed E-state index contributed by atoms with van der Waals surface area (Å²) in [7, 11) is 1.59. The number of aryl methyl sites for hydroxylation is 1. The van der Waals surface area contributed by atoms with Crippen LogP contribution >= 0.6 is 0 Å². The molecule has 2 aromatic carbocycles. The second kappa shape index (κ2) is 10.5. The molecule has 1 N–H and O–H groups in total. The summed E-state index contributed by atoms with van der Waals surface area (Å²) in [5, 5.41) is 2.98. The number of para-hydroxylation sites is 2. The van der Waals surface area contributed by atoms with Crippen LogP contribution in [0, 0.1) is 0 Å². The zero-order valence-electron chi connectivity index (χ0n) is 18.8. The number of hydrogen-bond acceptors (Lipinski definition) is 5. The van der Waals surface area contributed by atoms with E-state index in [0.29, 0.717) is 42.8 Å². The maximum atomic E-state index is 13.1. The molecule has 170 valence electrons. The van der Waals surface area contributed by atoms with Gasteiger partial charge in [0.05, 0.1) is 24.2 Å². The van der Waals surface area contributed by atoms with Crippen molar-refractivity contribution in [2.24, 2.45) is 0 Å². The van der Waals surface area contributed by atoms with Crippen molar-refractivity contribution in [3.05, 3.63) is 48.0 Å². The molecular weight excluding hydrogens is 406 g/mol. The molecule has 32 heavy (non-hydrogen) atoms. The predicted octanol–water partition coefficient (Wildman–Crippen LogP) is 5.05. The number of imidazole rings is 1. The highest BCUT2D eigenvalue weighted by Gasteiger charge is 2.20. The summed E-state index contributed by atoms with van der Waals surface area (Å²) < 4.78 is 19.1. The molecule has 0 radical (unpaired) electrons. The maximum absolute atomic E-state index is 13.1. The van der Waals surface area contributed by atoms with Gasteiger partial charge in [0.1, 0.15) is 0 Å². The quantitative estimate of drug-likeness (QED) is 0.450. The lowest BCUT2D eigenvalue weighted by atomic mass is 10.2. The summed E-state index contributed by atoms with van der Waals surface area (Å²) >= 11 is 0. The molecule has 1 heterocycles. The lowest BCUT2D eigenvalue weighted by Gasteiger charge is -2.16. The van der Waals surface area contributed by atoms with E-state index in [1.807, 2.05) is 41.8 Å². The first-order valence-electron chi connectivity index (χ1n) is 11.4. The van der Waals surface area contributed by atoms with Gasteiger partial charge in [-0.05, 0) is 69.4 Å². The predicted molar refractivity (Wildman–Crippen MR) is 125 cm³/mol. The van der Waals surface area contributed by atoms with Crippen LogP contribution in [0.1, 0.15) is 49.4 Å². The normalized spacial score (nSPS) is 14.1. The maximum Gasteiger partial charge on any atom is 0.258 e. The molecule has 7 nitrogen and oxygen atoms in total. The van der Waals surface area contributed by atoms with E-state index in [9.17, 15) is 4.79 Å². The largest absolute Gasteiger partial charge is 0.493 e. The molecule has 7 heteroatoms. The smallest absolute Gasteiger partial charge is 0.258 e. The van der Waals surface area contributed by atoms with Gasteiger partial charge in [0, 0.05) is 25.3 Å². The minimum atomic E-state index is -0.239. The lowest BCUT2D eigenvalue weighted by molar-refractivity contribution is 0.102. The van der Waals surface area contributed by atoms with Gasteiger partial charge in [0.15, 0.2) is 11.5 Å². The average Bonchev–Trinajstić information content (AvgIpc) is 3.44. The summed E-state index contributed by atoms with van der Waals surface area (Å²) in [5.74, 6) is 1.53. The van der Waals surface area contributed by atoms with Crippen molar-refractivity contribution in [3.8, 4) is 11.5 Å². The minimum absolute atomic E-state index is 0.222. The zero-order valence-corrected chi connectivity index (χ0v) is 18.8. The number of nitrogens with one attached hydrogen (secondary N) is 1. The lowest BCUT2D eigenvalue weighted by Crippen LogP contribution is -2.17. The van der Waals surface area contributed by atoms with Crippen molar-refractivity contribution in [2.45, 2.75) is 51.7 Å². The molecule has 1 aromatic heterocycles. The number of amides is 1. The number of carbonyl (C=O) groups excluding carboxylic acids is 1.